The third kappa shape index (κ3) is 7.20. The van der Waals surface area contributed by atoms with Crippen molar-refractivity contribution in [3.63, 3.8) is 0 Å². The fourth-order valence-corrected chi connectivity index (χ4v) is 11.2. The Balaban J connectivity index is 1.26. The van der Waals surface area contributed by atoms with Crippen molar-refractivity contribution in [2.75, 3.05) is 9.80 Å². The molecule has 0 unspecified atom stereocenters. The van der Waals surface area contributed by atoms with Crippen molar-refractivity contribution >= 4 is 119 Å². The molecule has 0 radical (unpaired) electrons. The van der Waals surface area contributed by atoms with E-state index < -0.39 is 0 Å². The minimum atomic E-state index is 1.10. The fraction of sp³-hybridized carbons (Fsp3) is 0.0625. The molecule has 0 aliphatic heterocycles. The van der Waals surface area contributed by atoms with E-state index >= 15 is 0 Å². The minimum Gasteiger partial charge on any atom is -0.310 e. The van der Waals surface area contributed by atoms with Crippen molar-refractivity contribution in [2.45, 2.75) is 27.7 Å². The van der Waals surface area contributed by atoms with Crippen molar-refractivity contribution in [1.29, 1.82) is 0 Å². The number of rotatable bonds is 6. The van der Waals surface area contributed by atoms with Gasteiger partial charge in [-0.3, -0.25) is 0 Å². The molecule has 0 bridgehead atoms. The second-order valence-electron chi connectivity index (χ2n) is 18.1. The molecular formula is C64H48N2S. The van der Waals surface area contributed by atoms with Gasteiger partial charge in [0, 0.05) is 54.3 Å². The first-order valence-corrected chi connectivity index (χ1v) is 24.0. The molecule has 0 N–H and O–H groups in total. The standard InChI is InChI=1S/C64H48N2S/c1-41-17-25-45(26-18-41)65(46-27-19-42(2)20-28-46)49-33-35-55-51-11-5-6-12-52(51)56-36-34-50(66(47-29-21-43(3)22-30-47)48-31-23-44(4)24-32-48)38-59(56)61-40-64-62(57-15-9-10-16-63(57)67-64)39-60(61)54-14-8-7-13-53(54)58(55)37-49/h5-40H,1-4H3. The van der Waals surface area contributed by atoms with Gasteiger partial charge in [-0.1, -0.05) is 150 Å². The Morgan fingerprint density at radius 2 is 0.522 bits per heavy atom. The van der Waals surface area contributed by atoms with Gasteiger partial charge in [0.1, 0.15) is 0 Å². The lowest BCUT2D eigenvalue weighted by Crippen LogP contribution is -2.10. The number of hydrogen-bond acceptors (Lipinski definition) is 3. The van der Waals surface area contributed by atoms with E-state index in [0.717, 1.165) is 34.1 Å². The molecule has 0 saturated carbocycles. The molecule has 2 nitrogen and oxygen atoms in total. The SMILES string of the molecule is Cc1ccc(N(c2ccc(C)cc2)c2ccc3c4ccccc4c4ccc(N(c5ccc(C)cc5)c5ccc(C)cc5)cc4c4cc5sc6ccccc6c5cc4c4ccccc4c3c2)cc1. The second kappa shape index (κ2) is 16.5. The Morgan fingerprint density at radius 3 is 0.940 bits per heavy atom. The van der Waals surface area contributed by atoms with Gasteiger partial charge < -0.3 is 9.80 Å². The minimum absolute atomic E-state index is 1.10. The van der Waals surface area contributed by atoms with Crippen LogP contribution in [0, 0.1) is 27.7 Å². The first kappa shape index (κ1) is 40.5. The summed E-state index contributed by atoms with van der Waals surface area (Å²) in [5, 5.41) is 14.6. The molecule has 12 rings (SSSR count). The van der Waals surface area contributed by atoms with Gasteiger partial charge in [0.25, 0.3) is 0 Å². The zero-order valence-corrected chi connectivity index (χ0v) is 38.9. The summed E-state index contributed by atoms with van der Waals surface area (Å²) in [4.78, 5) is 4.80. The van der Waals surface area contributed by atoms with Gasteiger partial charge in [0.2, 0.25) is 0 Å². The molecule has 320 valence electrons. The van der Waals surface area contributed by atoms with Crippen LogP contribution in [0.3, 0.4) is 0 Å². The topological polar surface area (TPSA) is 6.48 Å². The summed E-state index contributed by atoms with van der Waals surface area (Å²) < 4.78 is 2.58. The first-order valence-electron chi connectivity index (χ1n) is 23.1. The zero-order valence-electron chi connectivity index (χ0n) is 38.1. The van der Waals surface area contributed by atoms with Gasteiger partial charge >= 0.3 is 0 Å². The lowest BCUT2D eigenvalue weighted by atomic mass is 9.93. The van der Waals surface area contributed by atoms with Crippen molar-refractivity contribution < 1.29 is 0 Å². The molecule has 67 heavy (non-hydrogen) atoms. The quantitative estimate of drug-likeness (QED) is 0.164. The average Bonchev–Trinajstić information content (AvgIpc) is 3.73. The van der Waals surface area contributed by atoms with Crippen LogP contribution in [0.5, 0.6) is 0 Å². The number of benzene rings is 10. The summed E-state index contributed by atoms with van der Waals surface area (Å²) in [7, 11) is 0. The number of aryl methyl sites for hydroxylation is 4. The smallest absolute Gasteiger partial charge is 0.0468 e. The maximum atomic E-state index is 2.48. The summed E-state index contributed by atoms with van der Waals surface area (Å²) in [5.41, 5.74) is 11.6. The Morgan fingerprint density at radius 1 is 0.224 bits per heavy atom. The molecule has 0 saturated heterocycles. The Labute approximate surface area is 395 Å². The summed E-state index contributed by atoms with van der Waals surface area (Å²) in [6, 6.07) is 81.7. The molecule has 11 aromatic carbocycles. The van der Waals surface area contributed by atoms with Gasteiger partial charge in [0.15, 0.2) is 0 Å². The number of hydrogen-bond donors (Lipinski definition) is 0. The highest BCUT2D eigenvalue weighted by molar-refractivity contribution is 7.25. The average molecular weight is 877 g/mol. The van der Waals surface area contributed by atoms with Crippen LogP contribution in [0.2, 0.25) is 0 Å². The van der Waals surface area contributed by atoms with Crippen molar-refractivity contribution in [1.82, 2.24) is 0 Å². The van der Waals surface area contributed by atoms with Crippen LogP contribution < -0.4 is 9.80 Å². The van der Waals surface area contributed by atoms with Gasteiger partial charge in [-0.15, -0.1) is 11.3 Å². The van der Waals surface area contributed by atoms with E-state index in [0.29, 0.717) is 0 Å². The molecule has 1 aromatic heterocycles. The third-order valence-electron chi connectivity index (χ3n) is 13.5. The van der Waals surface area contributed by atoms with Crippen molar-refractivity contribution in [3.05, 3.63) is 241 Å². The van der Waals surface area contributed by atoms with Gasteiger partial charge in [-0.2, -0.15) is 0 Å². The molecule has 3 heteroatoms. The van der Waals surface area contributed by atoms with Gasteiger partial charge in [-0.25, -0.2) is 0 Å². The highest BCUT2D eigenvalue weighted by atomic mass is 32.1. The largest absolute Gasteiger partial charge is 0.310 e. The Bertz CT molecular complexity index is 3850. The summed E-state index contributed by atoms with van der Waals surface area (Å²) in [6.45, 7) is 8.61. The summed E-state index contributed by atoms with van der Waals surface area (Å²) >= 11 is 1.88. The van der Waals surface area contributed by atoms with Gasteiger partial charge in [0.05, 0.1) is 0 Å². The molecule has 12 aromatic rings. The third-order valence-corrected chi connectivity index (χ3v) is 14.6. The van der Waals surface area contributed by atoms with E-state index in [9.17, 15) is 0 Å². The zero-order chi connectivity index (χ0) is 45.2. The number of anilines is 6. The van der Waals surface area contributed by atoms with Crippen LogP contribution in [0.15, 0.2) is 218 Å². The maximum Gasteiger partial charge on any atom is 0.0468 e. The molecule has 0 atom stereocenters. The van der Waals surface area contributed by atoms with Gasteiger partial charge in [-0.05, 0) is 173 Å². The van der Waals surface area contributed by atoms with Crippen LogP contribution in [-0.4, -0.2) is 0 Å². The highest BCUT2D eigenvalue weighted by Crippen LogP contribution is 2.45. The van der Waals surface area contributed by atoms with E-state index in [1.165, 1.54) is 96.3 Å². The normalized spacial score (nSPS) is 11.6. The highest BCUT2D eigenvalue weighted by Gasteiger charge is 2.19. The molecule has 1 heterocycles. The molecule has 0 aliphatic carbocycles. The monoisotopic (exact) mass is 876 g/mol. The molecule has 0 amide bonds. The fourth-order valence-electron chi connectivity index (χ4n) is 10.1. The molecule has 0 spiro atoms. The van der Waals surface area contributed by atoms with E-state index in [2.05, 4.69) is 256 Å². The van der Waals surface area contributed by atoms with E-state index in [1.54, 1.807) is 0 Å². The lowest BCUT2D eigenvalue weighted by Gasteiger charge is -2.26. The second-order valence-corrected chi connectivity index (χ2v) is 19.1. The predicted molar refractivity (Wildman–Crippen MR) is 293 cm³/mol. The Kier molecular flexibility index (Phi) is 9.96. The van der Waals surface area contributed by atoms with E-state index in [4.69, 9.17) is 0 Å². The van der Waals surface area contributed by atoms with Crippen LogP contribution >= 0.6 is 11.3 Å². The maximum absolute atomic E-state index is 2.48. The van der Waals surface area contributed by atoms with Crippen LogP contribution in [0.1, 0.15) is 22.3 Å². The van der Waals surface area contributed by atoms with Crippen molar-refractivity contribution in [3.8, 4) is 0 Å². The number of thiophene rings is 1. The molecule has 0 aliphatic rings. The van der Waals surface area contributed by atoms with Crippen LogP contribution in [-0.2, 0) is 0 Å². The van der Waals surface area contributed by atoms with Crippen molar-refractivity contribution in [2.24, 2.45) is 0 Å². The molecule has 0 fully saturated rings. The number of fused-ring (bicyclic) bond motifs is 13. The summed E-state index contributed by atoms with van der Waals surface area (Å²) in [5.74, 6) is 0. The van der Waals surface area contributed by atoms with E-state index in [-0.39, 0.29) is 0 Å². The first-order chi connectivity index (χ1) is 32.8. The lowest BCUT2D eigenvalue weighted by molar-refractivity contribution is 1.27. The van der Waals surface area contributed by atoms with Crippen LogP contribution in [0.4, 0.5) is 34.1 Å². The predicted octanol–water partition coefficient (Wildman–Crippen LogP) is 19.1. The van der Waals surface area contributed by atoms with E-state index in [1.807, 2.05) is 11.3 Å². The van der Waals surface area contributed by atoms with Crippen LogP contribution in [0.25, 0.3) is 74.0 Å². The summed E-state index contributed by atoms with van der Waals surface area (Å²) in [6.07, 6.45) is 0. The molecular weight excluding hydrogens is 829 g/mol. The Hall–Kier alpha value is -7.98. The number of nitrogens with zero attached hydrogens (tertiary/aromatic N) is 2.